The SMILES string of the molecule is O=C(c1ccccc1)[C@@H]1[C@H](C(=O)c2ccccc2Cl)[C@@]2(C(=O)Nc3ccccc32)[C@@H]2c3ccccc3C=CN12. The standard InChI is InChI=1S/C33H23ClN2O3/c34-25-16-8-6-14-23(25)30(38)27-28(29(37)21-11-2-1-3-12-21)36-19-18-20-10-4-5-13-22(20)31(36)33(27)24-15-7-9-17-26(24)35-32(33)39/h1-19,27-28,31H,(H,35,39)/t27-,28+,31+,33-/m1/s1. The third-order valence-corrected chi connectivity index (χ3v) is 8.65. The zero-order valence-electron chi connectivity index (χ0n) is 20.8. The number of halogens is 1. The van der Waals surface area contributed by atoms with Crippen LogP contribution in [0.15, 0.2) is 109 Å². The number of carbonyl (C=O) groups excluding carboxylic acids is 3. The first-order valence-corrected chi connectivity index (χ1v) is 13.2. The Labute approximate surface area is 230 Å². The van der Waals surface area contributed by atoms with Crippen LogP contribution in [0.3, 0.4) is 0 Å². The molecule has 0 saturated carbocycles. The average Bonchev–Trinajstić information content (AvgIpc) is 3.45. The number of para-hydroxylation sites is 1. The van der Waals surface area contributed by atoms with E-state index in [0.717, 1.165) is 11.1 Å². The van der Waals surface area contributed by atoms with E-state index < -0.39 is 23.4 Å². The number of hydrogen-bond acceptors (Lipinski definition) is 4. The quantitative estimate of drug-likeness (QED) is 0.313. The van der Waals surface area contributed by atoms with E-state index in [-0.39, 0.29) is 22.5 Å². The van der Waals surface area contributed by atoms with Gasteiger partial charge < -0.3 is 10.2 Å². The second-order valence-electron chi connectivity index (χ2n) is 10.2. The number of hydrogen-bond donors (Lipinski definition) is 1. The van der Waals surface area contributed by atoms with Crippen LogP contribution in [0.2, 0.25) is 5.02 Å². The molecular weight excluding hydrogens is 508 g/mol. The summed E-state index contributed by atoms with van der Waals surface area (Å²) in [6, 6.07) is 29.6. The Morgan fingerprint density at radius 2 is 1.49 bits per heavy atom. The van der Waals surface area contributed by atoms with Gasteiger partial charge in [0.2, 0.25) is 5.91 Å². The normalized spacial score (nSPS) is 24.2. The molecule has 0 aliphatic carbocycles. The molecule has 3 heterocycles. The molecule has 1 spiro atoms. The summed E-state index contributed by atoms with van der Waals surface area (Å²) in [5.41, 5.74) is 2.61. The maximum atomic E-state index is 14.7. The highest BCUT2D eigenvalue weighted by Gasteiger charge is 2.70. The molecule has 5 nitrogen and oxygen atoms in total. The smallest absolute Gasteiger partial charge is 0.238 e. The lowest BCUT2D eigenvalue weighted by atomic mass is 9.62. The number of carbonyl (C=O) groups is 3. The van der Waals surface area contributed by atoms with Crippen molar-refractivity contribution in [1.82, 2.24) is 4.90 Å². The van der Waals surface area contributed by atoms with Crippen LogP contribution < -0.4 is 5.32 Å². The molecule has 39 heavy (non-hydrogen) atoms. The molecule has 1 fully saturated rings. The number of Topliss-reactive ketones (excluding diaryl/α,β-unsaturated/α-hetero) is 2. The molecule has 7 rings (SSSR count). The van der Waals surface area contributed by atoms with Crippen molar-refractivity contribution >= 4 is 40.8 Å². The van der Waals surface area contributed by atoms with Gasteiger partial charge in [0.1, 0.15) is 11.5 Å². The maximum Gasteiger partial charge on any atom is 0.238 e. The number of nitrogens with zero attached hydrogens (tertiary/aromatic N) is 1. The van der Waals surface area contributed by atoms with Gasteiger partial charge in [0.15, 0.2) is 11.6 Å². The van der Waals surface area contributed by atoms with Crippen LogP contribution in [0.5, 0.6) is 0 Å². The predicted molar refractivity (Wildman–Crippen MR) is 151 cm³/mol. The minimum absolute atomic E-state index is 0.218. The first-order chi connectivity index (χ1) is 19.0. The van der Waals surface area contributed by atoms with Gasteiger partial charge in [0.05, 0.1) is 17.0 Å². The number of anilines is 1. The summed E-state index contributed by atoms with van der Waals surface area (Å²) in [7, 11) is 0. The van der Waals surface area contributed by atoms with E-state index in [0.29, 0.717) is 22.4 Å². The average molecular weight is 531 g/mol. The molecule has 1 saturated heterocycles. The zero-order chi connectivity index (χ0) is 26.7. The summed E-state index contributed by atoms with van der Waals surface area (Å²) in [4.78, 5) is 45.5. The third kappa shape index (κ3) is 3.23. The first kappa shape index (κ1) is 23.6. The summed E-state index contributed by atoms with van der Waals surface area (Å²) >= 11 is 6.57. The Morgan fingerprint density at radius 1 is 0.795 bits per heavy atom. The van der Waals surface area contributed by atoms with Crippen molar-refractivity contribution in [2.24, 2.45) is 5.92 Å². The van der Waals surface area contributed by atoms with Crippen LogP contribution in [0, 0.1) is 5.92 Å². The van der Waals surface area contributed by atoms with Crippen molar-refractivity contribution in [3.05, 3.63) is 142 Å². The van der Waals surface area contributed by atoms with Crippen molar-refractivity contribution < 1.29 is 14.4 Å². The van der Waals surface area contributed by atoms with E-state index in [9.17, 15) is 14.4 Å². The number of ketones is 2. The van der Waals surface area contributed by atoms with Gasteiger partial charge in [-0.3, -0.25) is 14.4 Å². The summed E-state index contributed by atoms with van der Waals surface area (Å²) in [5.74, 6) is -1.89. The van der Waals surface area contributed by atoms with Crippen LogP contribution >= 0.6 is 11.6 Å². The molecule has 4 aromatic rings. The van der Waals surface area contributed by atoms with Crippen molar-refractivity contribution in [1.29, 1.82) is 0 Å². The molecular formula is C33H23ClN2O3. The number of rotatable bonds is 4. The van der Waals surface area contributed by atoms with Crippen molar-refractivity contribution in [2.75, 3.05) is 5.32 Å². The minimum Gasteiger partial charge on any atom is -0.358 e. The fraction of sp³-hybridized carbons (Fsp3) is 0.121. The molecule has 4 aromatic carbocycles. The van der Waals surface area contributed by atoms with Crippen LogP contribution in [-0.4, -0.2) is 28.4 Å². The monoisotopic (exact) mass is 530 g/mol. The third-order valence-electron chi connectivity index (χ3n) is 8.32. The fourth-order valence-corrected chi connectivity index (χ4v) is 7.00. The molecule has 1 N–H and O–H groups in total. The highest BCUT2D eigenvalue weighted by atomic mass is 35.5. The molecule has 0 bridgehead atoms. The van der Waals surface area contributed by atoms with E-state index in [2.05, 4.69) is 5.32 Å². The highest BCUT2D eigenvalue weighted by molar-refractivity contribution is 6.34. The van der Waals surface area contributed by atoms with Gasteiger partial charge in [0, 0.05) is 23.0 Å². The number of amides is 1. The van der Waals surface area contributed by atoms with E-state index in [1.807, 2.05) is 71.8 Å². The van der Waals surface area contributed by atoms with Crippen LogP contribution in [0.1, 0.15) is 43.4 Å². The first-order valence-electron chi connectivity index (χ1n) is 12.9. The van der Waals surface area contributed by atoms with Gasteiger partial charge in [-0.1, -0.05) is 96.5 Å². The lowest BCUT2D eigenvalue weighted by Gasteiger charge is -2.38. The Bertz CT molecular complexity index is 1700. The van der Waals surface area contributed by atoms with E-state index in [1.54, 1.807) is 48.5 Å². The van der Waals surface area contributed by atoms with Crippen LogP contribution in [0.4, 0.5) is 5.69 Å². The second kappa shape index (κ2) is 8.79. The zero-order valence-corrected chi connectivity index (χ0v) is 21.5. The Kier molecular flexibility index (Phi) is 5.32. The van der Waals surface area contributed by atoms with Crippen molar-refractivity contribution in [3.63, 3.8) is 0 Å². The minimum atomic E-state index is -1.37. The summed E-state index contributed by atoms with van der Waals surface area (Å²) < 4.78 is 0. The topological polar surface area (TPSA) is 66.5 Å². The van der Waals surface area contributed by atoms with Gasteiger partial charge in [-0.2, -0.15) is 0 Å². The highest BCUT2D eigenvalue weighted by Crippen LogP contribution is 2.62. The lowest BCUT2D eigenvalue weighted by molar-refractivity contribution is -0.122. The van der Waals surface area contributed by atoms with Gasteiger partial charge in [-0.05, 0) is 41.0 Å². The summed E-state index contributed by atoms with van der Waals surface area (Å²) in [5, 5.41) is 3.35. The van der Waals surface area contributed by atoms with E-state index in [4.69, 9.17) is 11.6 Å². The Balaban J connectivity index is 1.56. The Morgan fingerprint density at radius 3 is 2.31 bits per heavy atom. The second-order valence-corrected chi connectivity index (χ2v) is 10.6. The molecule has 4 atom stereocenters. The summed E-state index contributed by atoms with van der Waals surface area (Å²) in [6.45, 7) is 0. The molecule has 0 aromatic heterocycles. The number of nitrogens with one attached hydrogen (secondary N) is 1. The van der Waals surface area contributed by atoms with Crippen LogP contribution in [0.25, 0.3) is 6.08 Å². The lowest BCUT2D eigenvalue weighted by Crippen LogP contribution is -2.49. The van der Waals surface area contributed by atoms with Gasteiger partial charge in [0.25, 0.3) is 0 Å². The van der Waals surface area contributed by atoms with E-state index in [1.165, 1.54) is 0 Å². The van der Waals surface area contributed by atoms with Gasteiger partial charge >= 0.3 is 0 Å². The number of benzene rings is 4. The predicted octanol–water partition coefficient (Wildman–Crippen LogP) is 6.32. The molecule has 0 radical (unpaired) electrons. The van der Waals surface area contributed by atoms with E-state index >= 15 is 0 Å². The molecule has 6 heteroatoms. The van der Waals surface area contributed by atoms with Crippen molar-refractivity contribution in [2.45, 2.75) is 17.5 Å². The molecule has 1 amide bonds. The van der Waals surface area contributed by atoms with Crippen LogP contribution in [-0.2, 0) is 10.2 Å². The van der Waals surface area contributed by atoms with Crippen molar-refractivity contribution in [3.8, 4) is 0 Å². The fourth-order valence-electron chi connectivity index (χ4n) is 6.77. The molecule has 3 aliphatic rings. The largest absolute Gasteiger partial charge is 0.358 e. The molecule has 3 aliphatic heterocycles. The maximum absolute atomic E-state index is 14.7. The van der Waals surface area contributed by atoms with Gasteiger partial charge in [-0.15, -0.1) is 0 Å². The molecule has 190 valence electrons. The molecule has 0 unspecified atom stereocenters. The Hall–Kier alpha value is -4.48. The number of fused-ring (bicyclic) bond motifs is 6. The van der Waals surface area contributed by atoms with Gasteiger partial charge in [-0.25, -0.2) is 0 Å². The summed E-state index contributed by atoms with van der Waals surface area (Å²) in [6.07, 6.45) is 3.82.